The molecule has 0 unspecified atom stereocenters. The largest absolute Gasteiger partial charge is 0.323 e. The maximum absolute atomic E-state index is 13.6. The van der Waals surface area contributed by atoms with Gasteiger partial charge in [0.2, 0.25) is 5.91 Å². The summed E-state index contributed by atoms with van der Waals surface area (Å²) < 4.78 is 41.4. The van der Waals surface area contributed by atoms with Gasteiger partial charge in [-0.05, 0) is 36.4 Å². The standard InChI is InChI=1S/C17H12ClF3N4OS/c1-25-16(9-2-4-10(18)5-3-9)23-24-17(25)27-8-13(26)22-12-7-6-11(19)14(20)15(12)21/h2-7H,8H2,1H3,(H,22,26). The van der Waals surface area contributed by atoms with Gasteiger partial charge in [0.1, 0.15) is 0 Å². The maximum Gasteiger partial charge on any atom is 0.234 e. The highest BCUT2D eigenvalue weighted by atomic mass is 35.5. The van der Waals surface area contributed by atoms with Gasteiger partial charge in [-0.25, -0.2) is 13.2 Å². The molecule has 5 nitrogen and oxygen atoms in total. The van der Waals surface area contributed by atoms with Crippen LogP contribution in [0.3, 0.4) is 0 Å². The summed E-state index contributed by atoms with van der Waals surface area (Å²) in [5.41, 5.74) is 0.369. The lowest BCUT2D eigenvalue weighted by Crippen LogP contribution is -2.16. The molecule has 0 spiro atoms. The Morgan fingerprint density at radius 2 is 1.81 bits per heavy atom. The molecule has 27 heavy (non-hydrogen) atoms. The van der Waals surface area contributed by atoms with E-state index in [-0.39, 0.29) is 5.75 Å². The molecule has 1 heterocycles. The molecule has 2 aromatic carbocycles. The normalized spacial score (nSPS) is 10.9. The second-order valence-electron chi connectivity index (χ2n) is 5.43. The first kappa shape index (κ1) is 19.2. The Morgan fingerprint density at radius 3 is 2.52 bits per heavy atom. The van der Waals surface area contributed by atoms with Crippen molar-refractivity contribution in [3.05, 3.63) is 58.9 Å². The first-order chi connectivity index (χ1) is 12.9. The van der Waals surface area contributed by atoms with Crippen LogP contribution in [0.2, 0.25) is 5.02 Å². The molecule has 0 saturated carbocycles. The van der Waals surface area contributed by atoms with E-state index in [1.54, 1.807) is 35.9 Å². The van der Waals surface area contributed by atoms with E-state index < -0.39 is 29.0 Å². The van der Waals surface area contributed by atoms with Crippen LogP contribution in [0.15, 0.2) is 41.6 Å². The van der Waals surface area contributed by atoms with Crippen LogP contribution in [0.4, 0.5) is 18.9 Å². The Morgan fingerprint density at radius 1 is 1.11 bits per heavy atom. The molecule has 0 aliphatic carbocycles. The molecule has 0 saturated heterocycles. The zero-order valence-electron chi connectivity index (χ0n) is 13.8. The summed E-state index contributed by atoms with van der Waals surface area (Å²) in [5, 5.41) is 11.3. The number of rotatable bonds is 5. The van der Waals surface area contributed by atoms with Crippen molar-refractivity contribution in [2.24, 2.45) is 7.05 Å². The van der Waals surface area contributed by atoms with Crippen molar-refractivity contribution in [2.75, 3.05) is 11.1 Å². The summed E-state index contributed by atoms with van der Waals surface area (Å²) in [6.07, 6.45) is 0. The molecule has 0 radical (unpaired) electrons. The van der Waals surface area contributed by atoms with E-state index in [4.69, 9.17) is 11.6 Å². The molecule has 1 amide bonds. The minimum absolute atomic E-state index is 0.120. The molecule has 0 fully saturated rings. The Labute approximate surface area is 161 Å². The zero-order chi connectivity index (χ0) is 19.6. The van der Waals surface area contributed by atoms with E-state index in [0.29, 0.717) is 16.0 Å². The Kier molecular flexibility index (Phi) is 5.71. The van der Waals surface area contributed by atoms with Gasteiger partial charge in [-0.15, -0.1) is 10.2 Å². The molecule has 0 atom stereocenters. The highest BCUT2D eigenvalue weighted by molar-refractivity contribution is 7.99. The number of anilines is 1. The van der Waals surface area contributed by atoms with E-state index >= 15 is 0 Å². The van der Waals surface area contributed by atoms with Gasteiger partial charge in [0.25, 0.3) is 0 Å². The predicted octanol–water partition coefficient (Wildman–Crippen LogP) is 4.28. The van der Waals surface area contributed by atoms with Crippen molar-refractivity contribution in [1.82, 2.24) is 14.8 Å². The van der Waals surface area contributed by atoms with Gasteiger partial charge < -0.3 is 9.88 Å². The predicted molar refractivity (Wildman–Crippen MR) is 97.1 cm³/mol. The first-order valence-electron chi connectivity index (χ1n) is 7.58. The highest BCUT2D eigenvalue weighted by Gasteiger charge is 2.17. The van der Waals surface area contributed by atoms with Gasteiger partial charge >= 0.3 is 0 Å². The molecule has 1 aromatic heterocycles. The Hall–Kier alpha value is -2.52. The second kappa shape index (κ2) is 8.01. The third-order valence-electron chi connectivity index (χ3n) is 3.58. The summed E-state index contributed by atoms with van der Waals surface area (Å²) in [7, 11) is 1.74. The number of aromatic nitrogens is 3. The average molecular weight is 413 g/mol. The van der Waals surface area contributed by atoms with Gasteiger partial charge in [-0.1, -0.05) is 23.4 Å². The minimum atomic E-state index is -1.64. The van der Waals surface area contributed by atoms with Gasteiger partial charge in [-0.2, -0.15) is 0 Å². The van der Waals surface area contributed by atoms with E-state index in [1.165, 1.54) is 0 Å². The summed E-state index contributed by atoms with van der Waals surface area (Å²) in [6, 6.07) is 8.72. The van der Waals surface area contributed by atoms with Crippen LogP contribution in [-0.4, -0.2) is 26.4 Å². The van der Waals surface area contributed by atoms with Gasteiger partial charge in [0, 0.05) is 17.6 Å². The van der Waals surface area contributed by atoms with Crippen molar-refractivity contribution in [1.29, 1.82) is 0 Å². The quantitative estimate of drug-likeness (QED) is 0.502. The van der Waals surface area contributed by atoms with Gasteiger partial charge in [0.05, 0.1) is 11.4 Å². The number of amides is 1. The monoisotopic (exact) mass is 412 g/mol. The van der Waals surface area contributed by atoms with E-state index in [0.717, 1.165) is 29.5 Å². The molecule has 3 aromatic rings. The molecule has 0 bridgehead atoms. The van der Waals surface area contributed by atoms with Crippen molar-refractivity contribution in [3.63, 3.8) is 0 Å². The number of thioether (sulfide) groups is 1. The number of hydrogen-bond donors (Lipinski definition) is 1. The Bertz CT molecular complexity index is 995. The van der Waals surface area contributed by atoms with Crippen LogP contribution in [0, 0.1) is 17.5 Å². The number of benzene rings is 2. The van der Waals surface area contributed by atoms with E-state index in [1.807, 2.05) is 0 Å². The number of hydrogen-bond acceptors (Lipinski definition) is 4. The van der Waals surface area contributed by atoms with Crippen molar-refractivity contribution in [3.8, 4) is 11.4 Å². The fourth-order valence-electron chi connectivity index (χ4n) is 2.23. The molecule has 0 aliphatic heterocycles. The van der Waals surface area contributed by atoms with Crippen LogP contribution in [-0.2, 0) is 11.8 Å². The number of nitrogens with zero attached hydrogens (tertiary/aromatic N) is 3. The van der Waals surface area contributed by atoms with Crippen LogP contribution < -0.4 is 5.32 Å². The summed E-state index contributed by atoms with van der Waals surface area (Å²) in [6.45, 7) is 0. The van der Waals surface area contributed by atoms with Crippen molar-refractivity contribution < 1.29 is 18.0 Å². The summed E-state index contributed by atoms with van der Waals surface area (Å²) >= 11 is 6.93. The summed E-state index contributed by atoms with van der Waals surface area (Å²) in [5.74, 6) is -4.54. The SMILES string of the molecule is Cn1c(SCC(=O)Nc2ccc(F)c(F)c2F)nnc1-c1ccc(Cl)cc1. The smallest absolute Gasteiger partial charge is 0.234 e. The molecular formula is C17H12ClF3N4OS. The molecule has 10 heteroatoms. The lowest BCUT2D eigenvalue weighted by Gasteiger charge is -2.07. The second-order valence-corrected chi connectivity index (χ2v) is 6.81. The Balaban J connectivity index is 1.66. The van der Waals surface area contributed by atoms with Gasteiger partial charge in [-0.3, -0.25) is 4.79 Å². The number of halogens is 4. The highest BCUT2D eigenvalue weighted by Crippen LogP contribution is 2.24. The molecule has 3 rings (SSSR count). The number of carbonyl (C=O) groups excluding carboxylic acids is 1. The first-order valence-corrected chi connectivity index (χ1v) is 8.94. The molecule has 1 N–H and O–H groups in total. The molecular weight excluding hydrogens is 401 g/mol. The maximum atomic E-state index is 13.6. The van der Waals surface area contributed by atoms with Crippen LogP contribution in [0.1, 0.15) is 0 Å². The van der Waals surface area contributed by atoms with Crippen LogP contribution in [0.25, 0.3) is 11.4 Å². The van der Waals surface area contributed by atoms with Gasteiger partial charge in [0.15, 0.2) is 28.4 Å². The summed E-state index contributed by atoms with van der Waals surface area (Å²) in [4.78, 5) is 12.0. The van der Waals surface area contributed by atoms with Crippen molar-refractivity contribution in [2.45, 2.75) is 5.16 Å². The fraction of sp³-hybridized carbons (Fsp3) is 0.118. The number of carbonyl (C=O) groups is 1. The van der Waals surface area contributed by atoms with Crippen LogP contribution in [0.5, 0.6) is 0 Å². The third-order valence-corrected chi connectivity index (χ3v) is 4.85. The van der Waals surface area contributed by atoms with Crippen molar-refractivity contribution >= 4 is 35.0 Å². The zero-order valence-corrected chi connectivity index (χ0v) is 15.4. The molecule has 140 valence electrons. The average Bonchev–Trinajstić information content (AvgIpc) is 3.02. The van der Waals surface area contributed by atoms with E-state index in [9.17, 15) is 18.0 Å². The lowest BCUT2D eigenvalue weighted by molar-refractivity contribution is -0.113. The lowest BCUT2D eigenvalue weighted by atomic mass is 10.2. The minimum Gasteiger partial charge on any atom is -0.323 e. The topological polar surface area (TPSA) is 59.8 Å². The third kappa shape index (κ3) is 4.25. The molecule has 0 aliphatic rings. The van der Waals surface area contributed by atoms with Crippen LogP contribution >= 0.6 is 23.4 Å². The van der Waals surface area contributed by atoms with E-state index in [2.05, 4.69) is 15.5 Å². The number of nitrogens with one attached hydrogen (secondary N) is 1. The fourth-order valence-corrected chi connectivity index (χ4v) is 3.07.